The van der Waals surface area contributed by atoms with Crippen molar-refractivity contribution in [3.63, 3.8) is 0 Å². The minimum absolute atomic E-state index is 0.148. The summed E-state index contributed by atoms with van der Waals surface area (Å²) in [5, 5.41) is 0. The molecule has 0 amide bonds. The molecule has 2 aromatic carbocycles. The van der Waals surface area contributed by atoms with Crippen molar-refractivity contribution in [2.45, 2.75) is 26.2 Å². The lowest BCUT2D eigenvalue weighted by atomic mass is 9.86. The first-order valence-electron chi connectivity index (χ1n) is 6.83. The molecular weight excluding hydrogens is 244 g/mol. The minimum Gasteiger partial charge on any atom is -0.298 e. The molecule has 102 valence electrons. The Bertz CT molecular complexity index is 598. The fourth-order valence-corrected chi connectivity index (χ4v) is 2.07. The van der Waals surface area contributed by atoms with Crippen molar-refractivity contribution < 1.29 is 4.79 Å². The SMILES string of the molecule is CC(C)(C)c1ccc(/C=C(/C=O)c2ccccc2)cc1. The lowest BCUT2D eigenvalue weighted by molar-refractivity contribution is -0.103. The van der Waals surface area contributed by atoms with E-state index in [1.807, 2.05) is 36.4 Å². The molecule has 0 heterocycles. The summed E-state index contributed by atoms with van der Waals surface area (Å²) in [7, 11) is 0. The topological polar surface area (TPSA) is 17.1 Å². The van der Waals surface area contributed by atoms with Crippen LogP contribution in [0.2, 0.25) is 0 Å². The second-order valence-corrected chi connectivity index (χ2v) is 5.96. The molecule has 1 nitrogen and oxygen atoms in total. The van der Waals surface area contributed by atoms with Gasteiger partial charge in [0.15, 0.2) is 6.29 Å². The van der Waals surface area contributed by atoms with Crippen LogP contribution in [0.15, 0.2) is 54.6 Å². The Morgan fingerprint density at radius 2 is 1.50 bits per heavy atom. The van der Waals surface area contributed by atoms with Gasteiger partial charge in [-0.1, -0.05) is 75.4 Å². The number of hydrogen-bond acceptors (Lipinski definition) is 1. The Kier molecular flexibility index (Phi) is 4.19. The summed E-state index contributed by atoms with van der Waals surface area (Å²) < 4.78 is 0. The third-order valence-electron chi connectivity index (χ3n) is 3.33. The van der Waals surface area contributed by atoms with Gasteiger partial charge < -0.3 is 0 Å². The molecule has 0 aliphatic rings. The highest BCUT2D eigenvalue weighted by Gasteiger charge is 2.12. The Labute approximate surface area is 121 Å². The molecule has 0 aliphatic carbocycles. The van der Waals surface area contributed by atoms with Crippen LogP contribution in [0, 0.1) is 0 Å². The van der Waals surface area contributed by atoms with Crippen molar-refractivity contribution in [2.24, 2.45) is 0 Å². The molecule has 0 N–H and O–H groups in total. The highest BCUT2D eigenvalue weighted by molar-refractivity contribution is 6.13. The van der Waals surface area contributed by atoms with Gasteiger partial charge in [0, 0.05) is 5.57 Å². The first-order chi connectivity index (χ1) is 9.50. The first kappa shape index (κ1) is 14.3. The normalized spacial score (nSPS) is 12.2. The zero-order chi connectivity index (χ0) is 14.6. The molecule has 20 heavy (non-hydrogen) atoms. The largest absolute Gasteiger partial charge is 0.298 e. The van der Waals surface area contributed by atoms with E-state index in [0.717, 1.165) is 17.4 Å². The summed E-state index contributed by atoms with van der Waals surface area (Å²) >= 11 is 0. The van der Waals surface area contributed by atoms with E-state index in [9.17, 15) is 4.79 Å². The third-order valence-corrected chi connectivity index (χ3v) is 3.33. The number of carbonyl (C=O) groups excluding carboxylic acids is 1. The Morgan fingerprint density at radius 1 is 0.900 bits per heavy atom. The van der Waals surface area contributed by atoms with Gasteiger partial charge in [0.25, 0.3) is 0 Å². The molecule has 0 radical (unpaired) electrons. The molecular formula is C19H20O. The fraction of sp³-hybridized carbons (Fsp3) is 0.211. The number of carbonyl (C=O) groups is 1. The molecule has 0 atom stereocenters. The molecule has 0 saturated carbocycles. The summed E-state index contributed by atoms with van der Waals surface area (Å²) in [6.45, 7) is 6.58. The summed E-state index contributed by atoms with van der Waals surface area (Å²) in [5.74, 6) is 0. The zero-order valence-electron chi connectivity index (χ0n) is 12.3. The fourth-order valence-electron chi connectivity index (χ4n) is 2.07. The molecule has 0 unspecified atom stereocenters. The number of hydrogen-bond donors (Lipinski definition) is 0. The summed E-state index contributed by atoms with van der Waals surface area (Å²) in [5.41, 5.74) is 4.14. The van der Waals surface area contributed by atoms with Crippen molar-refractivity contribution in [1.82, 2.24) is 0 Å². The molecule has 0 aliphatic heterocycles. The summed E-state index contributed by atoms with van der Waals surface area (Å²) in [4.78, 5) is 11.3. The maximum atomic E-state index is 11.3. The number of aldehydes is 1. The van der Waals surface area contributed by atoms with E-state index in [4.69, 9.17) is 0 Å². The Balaban J connectivity index is 2.32. The van der Waals surface area contributed by atoms with Crippen molar-refractivity contribution in [3.05, 3.63) is 71.3 Å². The van der Waals surface area contributed by atoms with Crippen LogP contribution in [-0.2, 0) is 10.2 Å². The predicted molar refractivity (Wildman–Crippen MR) is 85.5 cm³/mol. The van der Waals surface area contributed by atoms with Gasteiger partial charge in [-0.25, -0.2) is 0 Å². The number of allylic oxidation sites excluding steroid dienone is 1. The molecule has 0 spiro atoms. The standard InChI is InChI=1S/C19H20O/c1-19(2,3)18-11-9-15(10-12-18)13-17(14-20)16-7-5-4-6-8-16/h4-14H,1-3H3/b17-13-. The van der Waals surface area contributed by atoms with Crippen LogP contribution < -0.4 is 0 Å². The quantitative estimate of drug-likeness (QED) is 0.445. The monoisotopic (exact) mass is 264 g/mol. The second kappa shape index (κ2) is 5.87. The maximum absolute atomic E-state index is 11.3. The van der Waals surface area contributed by atoms with E-state index >= 15 is 0 Å². The average molecular weight is 264 g/mol. The van der Waals surface area contributed by atoms with Crippen LogP contribution in [0.25, 0.3) is 11.6 Å². The highest BCUT2D eigenvalue weighted by Crippen LogP contribution is 2.23. The third kappa shape index (κ3) is 3.45. The van der Waals surface area contributed by atoms with Gasteiger partial charge in [-0.3, -0.25) is 4.79 Å². The van der Waals surface area contributed by atoms with Gasteiger partial charge in [-0.15, -0.1) is 0 Å². The van der Waals surface area contributed by atoms with E-state index in [1.54, 1.807) is 0 Å². The average Bonchev–Trinajstić information content (AvgIpc) is 2.45. The van der Waals surface area contributed by atoms with E-state index in [1.165, 1.54) is 5.56 Å². The molecule has 2 aromatic rings. The molecule has 0 saturated heterocycles. The summed E-state index contributed by atoms with van der Waals surface area (Å²) in [6, 6.07) is 18.1. The van der Waals surface area contributed by atoms with Crippen LogP contribution in [0.3, 0.4) is 0 Å². The summed E-state index contributed by atoms with van der Waals surface area (Å²) in [6.07, 6.45) is 2.84. The molecule has 0 aromatic heterocycles. The minimum atomic E-state index is 0.148. The van der Waals surface area contributed by atoms with Gasteiger partial charge in [-0.2, -0.15) is 0 Å². The molecule has 1 heteroatoms. The van der Waals surface area contributed by atoms with Crippen molar-refractivity contribution in [3.8, 4) is 0 Å². The number of benzene rings is 2. The van der Waals surface area contributed by atoms with Gasteiger partial charge >= 0.3 is 0 Å². The van der Waals surface area contributed by atoms with Crippen molar-refractivity contribution in [2.75, 3.05) is 0 Å². The van der Waals surface area contributed by atoms with Crippen LogP contribution in [0.4, 0.5) is 0 Å². The van der Waals surface area contributed by atoms with Crippen LogP contribution in [-0.4, -0.2) is 6.29 Å². The first-order valence-corrected chi connectivity index (χ1v) is 6.83. The van der Waals surface area contributed by atoms with Gasteiger partial charge in [0.05, 0.1) is 0 Å². The zero-order valence-corrected chi connectivity index (χ0v) is 12.3. The molecule has 0 bridgehead atoms. The van der Waals surface area contributed by atoms with E-state index in [2.05, 4.69) is 45.0 Å². The maximum Gasteiger partial charge on any atom is 0.150 e. The Morgan fingerprint density at radius 3 is 2.00 bits per heavy atom. The Hall–Kier alpha value is -2.15. The van der Waals surface area contributed by atoms with Gasteiger partial charge in [0.2, 0.25) is 0 Å². The lowest BCUT2D eigenvalue weighted by Crippen LogP contribution is -2.10. The molecule has 2 rings (SSSR count). The van der Waals surface area contributed by atoms with Crippen molar-refractivity contribution in [1.29, 1.82) is 0 Å². The van der Waals surface area contributed by atoms with Crippen molar-refractivity contribution >= 4 is 17.9 Å². The second-order valence-electron chi connectivity index (χ2n) is 5.96. The number of rotatable bonds is 3. The van der Waals surface area contributed by atoms with E-state index in [-0.39, 0.29) is 5.41 Å². The molecule has 0 fully saturated rings. The lowest BCUT2D eigenvalue weighted by Gasteiger charge is -2.18. The highest BCUT2D eigenvalue weighted by atomic mass is 16.1. The smallest absolute Gasteiger partial charge is 0.150 e. The van der Waals surface area contributed by atoms with Crippen LogP contribution in [0.1, 0.15) is 37.5 Å². The van der Waals surface area contributed by atoms with Gasteiger partial charge in [0.1, 0.15) is 0 Å². The van der Waals surface area contributed by atoms with Crippen LogP contribution in [0.5, 0.6) is 0 Å². The van der Waals surface area contributed by atoms with Gasteiger partial charge in [-0.05, 0) is 28.2 Å². The van der Waals surface area contributed by atoms with Crippen LogP contribution >= 0.6 is 0 Å². The van der Waals surface area contributed by atoms with E-state index in [0.29, 0.717) is 5.57 Å². The van der Waals surface area contributed by atoms with E-state index < -0.39 is 0 Å². The predicted octanol–water partition coefficient (Wildman–Crippen LogP) is 4.72.